The molecule has 1 aromatic heterocycles. The van der Waals surface area contributed by atoms with Crippen molar-refractivity contribution in [2.75, 3.05) is 7.11 Å². The van der Waals surface area contributed by atoms with Gasteiger partial charge < -0.3 is 4.74 Å². The topological polar surface area (TPSA) is 96.4 Å². The second kappa shape index (κ2) is 8.08. The van der Waals surface area contributed by atoms with Crippen LogP contribution in [0.25, 0.3) is 11.3 Å². The van der Waals surface area contributed by atoms with Gasteiger partial charge in [-0.1, -0.05) is 32.9 Å². The minimum absolute atomic E-state index is 0.0486. The minimum Gasteiger partial charge on any atom is -0.497 e. The van der Waals surface area contributed by atoms with E-state index in [-0.39, 0.29) is 10.3 Å². The number of methoxy groups -OCH3 is 1. The first kappa shape index (κ1) is 20.6. The maximum atomic E-state index is 12.5. The van der Waals surface area contributed by atoms with E-state index in [1.807, 2.05) is 36.4 Å². The SMILES string of the molecule is COc1ccc(-c2[nH]ncc2/C=N/NS(=O)(=O)c2ccc(C(C)(C)C)cc2)cc1. The zero-order valence-electron chi connectivity index (χ0n) is 16.8. The van der Waals surface area contributed by atoms with Gasteiger partial charge in [-0.05, 0) is 47.4 Å². The molecule has 2 N–H and O–H groups in total. The highest BCUT2D eigenvalue weighted by Crippen LogP contribution is 2.24. The number of aromatic amines is 1. The van der Waals surface area contributed by atoms with Crippen LogP contribution in [0.3, 0.4) is 0 Å². The number of nitrogens with zero attached hydrogens (tertiary/aromatic N) is 2. The monoisotopic (exact) mass is 412 g/mol. The third kappa shape index (κ3) is 4.83. The van der Waals surface area contributed by atoms with E-state index in [9.17, 15) is 8.42 Å². The van der Waals surface area contributed by atoms with Gasteiger partial charge in [0.2, 0.25) is 0 Å². The molecule has 0 atom stereocenters. The number of ether oxygens (including phenoxy) is 1. The van der Waals surface area contributed by atoms with Gasteiger partial charge in [0.15, 0.2) is 0 Å². The number of aromatic nitrogens is 2. The minimum atomic E-state index is -3.76. The van der Waals surface area contributed by atoms with E-state index in [1.165, 1.54) is 6.21 Å². The summed E-state index contributed by atoms with van der Waals surface area (Å²) < 4.78 is 30.1. The van der Waals surface area contributed by atoms with Gasteiger partial charge in [0.25, 0.3) is 10.0 Å². The average Bonchev–Trinajstić information content (AvgIpc) is 3.16. The molecule has 0 aliphatic carbocycles. The first-order chi connectivity index (χ1) is 13.7. The summed E-state index contributed by atoms with van der Waals surface area (Å²) in [6, 6.07) is 14.2. The molecule has 0 unspecified atom stereocenters. The van der Waals surface area contributed by atoms with Crippen molar-refractivity contribution in [2.24, 2.45) is 5.10 Å². The zero-order chi connectivity index (χ0) is 21.1. The van der Waals surface area contributed by atoms with Crippen molar-refractivity contribution in [1.82, 2.24) is 15.0 Å². The molecule has 0 spiro atoms. The molecule has 0 radical (unpaired) electrons. The number of rotatable bonds is 6. The normalized spacial score (nSPS) is 12.3. The molecule has 0 amide bonds. The van der Waals surface area contributed by atoms with Gasteiger partial charge >= 0.3 is 0 Å². The highest BCUT2D eigenvalue weighted by molar-refractivity contribution is 7.89. The van der Waals surface area contributed by atoms with Gasteiger partial charge in [-0.25, -0.2) is 4.83 Å². The van der Waals surface area contributed by atoms with Gasteiger partial charge in [-0.2, -0.15) is 18.6 Å². The summed E-state index contributed by atoms with van der Waals surface area (Å²) in [5, 5.41) is 10.8. The molecule has 2 aromatic carbocycles. The van der Waals surface area contributed by atoms with E-state index in [4.69, 9.17) is 4.74 Å². The van der Waals surface area contributed by atoms with Crippen LogP contribution in [0.2, 0.25) is 0 Å². The first-order valence-corrected chi connectivity index (χ1v) is 10.5. The lowest BCUT2D eigenvalue weighted by Crippen LogP contribution is -2.19. The van der Waals surface area contributed by atoms with E-state index in [1.54, 1.807) is 25.4 Å². The molecule has 152 valence electrons. The van der Waals surface area contributed by atoms with E-state index < -0.39 is 10.0 Å². The number of H-pyrrole nitrogens is 1. The van der Waals surface area contributed by atoms with Crippen molar-refractivity contribution < 1.29 is 13.2 Å². The van der Waals surface area contributed by atoms with Crippen LogP contribution < -0.4 is 9.57 Å². The molecular formula is C21H24N4O3S. The number of hydrogen-bond acceptors (Lipinski definition) is 5. The van der Waals surface area contributed by atoms with Crippen LogP contribution in [0.15, 0.2) is 64.7 Å². The summed E-state index contributed by atoms with van der Waals surface area (Å²) in [4.78, 5) is 2.41. The number of benzene rings is 2. The molecule has 7 nitrogen and oxygen atoms in total. The van der Waals surface area contributed by atoms with Crippen molar-refractivity contribution in [1.29, 1.82) is 0 Å². The van der Waals surface area contributed by atoms with Crippen LogP contribution in [0.4, 0.5) is 0 Å². The summed E-state index contributed by atoms with van der Waals surface area (Å²) >= 11 is 0. The van der Waals surface area contributed by atoms with Gasteiger partial charge in [0.05, 0.1) is 30.1 Å². The van der Waals surface area contributed by atoms with Crippen LogP contribution in [-0.2, 0) is 15.4 Å². The molecule has 0 aliphatic rings. The van der Waals surface area contributed by atoms with E-state index in [2.05, 4.69) is 40.9 Å². The van der Waals surface area contributed by atoms with Crippen molar-refractivity contribution in [2.45, 2.75) is 31.1 Å². The number of hydrazone groups is 1. The molecule has 29 heavy (non-hydrogen) atoms. The largest absolute Gasteiger partial charge is 0.497 e. The third-order valence-corrected chi connectivity index (χ3v) is 5.69. The lowest BCUT2D eigenvalue weighted by molar-refractivity contribution is 0.415. The van der Waals surface area contributed by atoms with Gasteiger partial charge in [-0.3, -0.25) is 5.10 Å². The summed E-state index contributed by atoms with van der Waals surface area (Å²) in [5.74, 6) is 0.744. The second-order valence-electron chi connectivity index (χ2n) is 7.56. The lowest BCUT2D eigenvalue weighted by Gasteiger charge is -2.19. The lowest BCUT2D eigenvalue weighted by atomic mass is 9.87. The van der Waals surface area contributed by atoms with Gasteiger partial charge in [0.1, 0.15) is 5.75 Å². The Hall–Kier alpha value is -3.13. The highest BCUT2D eigenvalue weighted by Gasteiger charge is 2.17. The molecule has 1 heterocycles. The maximum absolute atomic E-state index is 12.5. The third-order valence-electron chi connectivity index (χ3n) is 4.45. The predicted octanol–water partition coefficient (Wildman–Crippen LogP) is 3.70. The molecule has 3 rings (SSSR count). The quantitative estimate of drug-likeness (QED) is 0.477. The number of nitrogens with one attached hydrogen (secondary N) is 2. The van der Waals surface area contributed by atoms with E-state index >= 15 is 0 Å². The molecule has 8 heteroatoms. The Morgan fingerprint density at radius 2 is 1.72 bits per heavy atom. The van der Waals surface area contributed by atoms with Crippen molar-refractivity contribution >= 4 is 16.2 Å². The Morgan fingerprint density at radius 1 is 1.07 bits per heavy atom. The van der Waals surface area contributed by atoms with Crippen LogP contribution in [0, 0.1) is 0 Å². The van der Waals surface area contributed by atoms with Crippen LogP contribution in [-0.4, -0.2) is 31.9 Å². The Balaban J connectivity index is 1.75. The van der Waals surface area contributed by atoms with Crippen LogP contribution >= 0.6 is 0 Å². The summed E-state index contributed by atoms with van der Waals surface area (Å²) in [7, 11) is -2.15. The summed E-state index contributed by atoms with van der Waals surface area (Å²) in [6.07, 6.45) is 3.00. The molecule has 0 aliphatic heterocycles. The van der Waals surface area contributed by atoms with Crippen LogP contribution in [0.1, 0.15) is 31.9 Å². The van der Waals surface area contributed by atoms with Crippen molar-refractivity contribution in [3.8, 4) is 17.0 Å². The fraction of sp³-hybridized carbons (Fsp3) is 0.238. The Kier molecular flexibility index (Phi) is 5.74. The molecule has 0 bridgehead atoms. The predicted molar refractivity (Wildman–Crippen MR) is 114 cm³/mol. The standard InChI is InChI=1S/C21H24N4O3S/c1-21(2,3)17-7-11-19(12-8-17)29(26,27)25-23-14-16-13-22-24-20(16)15-5-9-18(28-4)10-6-15/h5-14,25H,1-4H3,(H,22,24)/b23-14+. The summed E-state index contributed by atoms with van der Waals surface area (Å²) in [6.45, 7) is 6.22. The van der Waals surface area contributed by atoms with Gasteiger partial charge in [0, 0.05) is 11.1 Å². The Labute approximate surface area is 170 Å². The molecule has 0 saturated heterocycles. The fourth-order valence-electron chi connectivity index (χ4n) is 2.73. The van der Waals surface area contributed by atoms with Crippen molar-refractivity contribution in [3.63, 3.8) is 0 Å². The maximum Gasteiger partial charge on any atom is 0.276 e. The van der Waals surface area contributed by atoms with E-state index in [0.717, 1.165) is 22.6 Å². The van der Waals surface area contributed by atoms with E-state index in [0.29, 0.717) is 5.56 Å². The Bertz CT molecular complexity index is 1090. The second-order valence-corrected chi connectivity index (χ2v) is 9.22. The number of hydrogen-bond donors (Lipinski definition) is 2. The Morgan fingerprint density at radius 3 is 2.31 bits per heavy atom. The van der Waals surface area contributed by atoms with Gasteiger partial charge in [-0.15, -0.1) is 0 Å². The number of sulfonamides is 1. The fourth-order valence-corrected chi connectivity index (χ4v) is 3.53. The van der Waals surface area contributed by atoms with Crippen LogP contribution in [0.5, 0.6) is 5.75 Å². The zero-order valence-corrected chi connectivity index (χ0v) is 17.6. The highest BCUT2D eigenvalue weighted by atomic mass is 32.2. The first-order valence-electron chi connectivity index (χ1n) is 9.04. The summed E-state index contributed by atoms with van der Waals surface area (Å²) in [5.41, 5.74) is 3.27. The molecular weight excluding hydrogens is 388 g/mol. The molecule has 0 saturated carbocycles. The average molecular weight is 413 g/mol. The molecule has 3 aromatic rings. The van der Waals surface area contributed by atoms with Crippen molar-refractivity contribution in [3.05, 3.63) is 65.9 Å². The molecule has 0 fully saturated rings. The smallest absolute Gasteiger partial charge is 0.276 e.